The van der Waals surface area contributed by atoms with E-state index in [1.165, 1.54) is 11.1 Å². The number of rotatable bonds is 3. The number of hydrogen-bond acceptors (Lipinski definition) is 3. The fourth-order valence-corrected chi connectivity index (χ4v) is 2.98. The molecular formula is C24H28O3. The van der Waals surface area contributed by atoms with Crippen molar-refractivity contribution in [1.29, 1.82) is 0 Å². The molecule has 3 rings (SSSR count). The summed E-state index contributed by atoms with van der Waals surface area (Å²) in [5.41, 5.74) is 4.38. The normalized spacial score (nSPS) is 11.1. The van der Waals surface area contributed by atoms with Crippen molar-refractivity contribution in [3.63, 3.8) is 0 Å². The second-order valence-corrected chi connectivity index (χ2v) is 6.96. The van der Waals surface area contributed by atoms with E-state index in [2.05, 4.69) is 0 Å². The van der Waals surface area contributed by atoms with Crippen molar-refractivity contribution >= 4 is 0 Å². The van der Waals surface area contributed by atoms with Gasteiger partial charge in [-0.05, 0) is 61.6 Å². The van der Waals surface area contributed by atoms with E-state index in [9.17, 15) is 15.3 Å². The molecule has 0 saturated carbocycles. The Morgan fingerprint density at radius 3 is 1.48 bits per heavy atom. The highest BCUT2D eigenvalue weighted by molar-refractivity contribution is 5.42. The molecule has 3 heteroatoms. The van der Waals surface area contributed by atoms with E-state index in [-0.39, 0.29) is 0 Å². The van der Waals surface area contributed by atoms with Crippen LogP contribution in [0.3, 0.4) is 0 Å². The summed E-state index contributed by atoms with van der Waals surface area (Å²) in [4.78, 5) is 0. The lowest BCUT2D eigenvalue weighted by atomic mass is 9.75. The largest absolute Gasteiger partial charge is 0.508 e. The van der Waals surface area contributed by atoms with Gasteiger partial charge in [0.05, 0.1) is 5.41 Å². The second kappa shape index (κ2) is 8.85. The zero-order chi connectivity index (χ0) is 20.0. The summed E-state index contributed by atoms with van der Waals surface area (Å²) in [5.74, 6) is 0.392. The number of hydrogen-bond donors (Lipinski definition) is 3. The molecule has 0 radical (unpaired) electrons. The average molecular weight is 364 g/mol. The average Bonchev–Trinajstić information content (AvgIpc) is 2.70. The molecule has 0 saturated heterocycles. The van der Waals surface area contributed by atoms with Crippen LogP contribution >= 0.6 is 0 Å². The molecule has 0 unspecified atom stereocenters. The maximum Gasteiger partial charge on any atom is 0.165 e. The Morgan fingerprint density at radius 2 is 1.11 bits per heavy atom. The van der Waals surface area contributed by atoms with E-state index >= 15 is 0 Å². The molecule has 0 fully saturated rings. The van der Waals surface area contributed by atoms with E-state index in [1.54, 1.807) is 6.07 Å². The van der Waals surface area contributed by atoms with E-state index in [0.29, 0.717) is 5.75 Å². The van der Waals surface area contributed by atoms with Crippen LogP contribution in [0.5, 0.6) is 5.75 Å². The topological polar surface area (TPSA) is 60.7 Å². The van der Waals surface area contributed by atoms with Crippen molar-refractivity contribution in [3.05, 3.63) is 101 Å². The van der Waals surface area contributed by atoms with E-state index in [0.717, 1.165) is 16.7 Å². The zero-order valence-electron chi connectivity index (χ0n) is 16.3. The first-order valence-electron chi connectivity index (χ1n) is 9.01. The predicted octanol–water partition coefficient (Wildman–Crippen LogP) is 4.62. The molecule has 0 bridgehead atoms. The van der Waals surface area contributed by atoms with Gasteiger partial charge in [0.1, 0.15) is 5.75 Å². The zero-order valence-corrected chi connectivity index (χ0v) is 16.3. The summed E-state index contributed by atoms with van der Waals surface area (Å²) >= 11 is 0. The van der Waals surface area contributed by atoms with Gasteiger partial charge in [0.25, 0.3) is 0 Å². The molecule has 0 aliphatic rings. The molecule has 0 heterocycles. The third kappa shape index (κ3) is 4.57. The number of phenolic OH excluding ortho intramolecular Hbond substituents is 1. The van der Waals surface area contributed by atoms with Gasteiger partial charge in [-0.15, -0.1) is 0 Å². The number of phenols is 1. The third-order valence-electron chi connectivity index (χ3n) is 5.29. The maximum absolute atomic E-state index is 9.73. The molecule has 3 nitrogen and oxygen atoms in total. The van der Waals surface area contributed by atoms with Crippen LogP contribution in [0.2, 0.25) is 0 Å². The molecular weight excluding hydrogens is 336 g/mol. The summed E-state index contributed by atoms with van der Waals surface area (Å²) in [6.45, 7) is 7.83. The van der Waals surface area contributed by atoms with Crippen LogP contribution in [0.15, 0.2) is 72.8 Å². The van der Waals surface area contributed by atoms with Crippen molar-refractivity contribution in [2.75, 3.05) is 0 Å². The van der Waals surface area contributed by atoms with Gasteiger partial charge >= 0.3 is 0 Å². The standard InChI is InChI=1S/C15H16O2.C9H12O/c1-15(14(16)17,12-8-4-2-5-9-12)13-10-6-3-7-11-13;1-6-4-5-9(10)8(3)7(6)2/h2-11,14,16-17H,1H3;4-5,10H,1-3H3. The number of aryl methyl sites for hydroxylation is 1. The van der Waals surface area contributed by atoms with Crippen LogP contribution in [0.1, 0.15) is 34.7 Å². The summed E-state index contributed by atoms with van der Waals surface area (Å²) < 4.78 is 0. The molecule has 0 atom stereocenters. The van der Waals surface area contributed by atoms with Gasteiger partial charge in [-0.1, -0.05) is 66.7 Å². The van der Waals surface area contributed by atoms with Crippen molar-refractivity contribution in [3.8, 4) is 5.75 Å². The molecule has 0 aromatic heterocycles. The van der Waals surface area contributed by atoms with Gasteiger partial charge in [-0.3, -0.25) is 0 Å². The van der Waals surface area contributed by atoms with Crippen LogP contribution < -0.4 is 0 Å². The van der Waals surface area contributed by atoms with Crippen molar-refractivity contribution < 1.29 is 15.3 Å². The molecule has 3 aromatic rings. The summed E-state index contributed by atoms with van der Waals surface area (Å²) in [7, 11) is 0. The van der Waals surface area contributed by atoms with Crippen LogP contribution in [0, 0.1) is 20.8 Å². The molecule has 0 aliphatic carbocycles. The lowest BCUT2D eigenvalue weighted by Gasteiger charge is -2.32. The van der Waals surface area contributed by atoms with Gasteiger partial charge in [0.2, 0.25) is 0 Å². The molecule has 0 spiro atoms. The predicted molar refractivity (Wildman–Crippen MR) is 110 cm³/mol. The Balaban J connectivity index is 0.000000223. The molecule has 0 aliphatic heterocycles. The minimum absolute atomic E-state index is 0.392. The molecule has 0 amide bonds. The van der Waals surface area contributed by atoms with Crippen LogP contribution in [-0.4, -0.2) is 21.6 Å². The van der Waals surface area contributed by atoms with E-state index < -0.39 is 11.7 Å². The minimum atomic E-state index is -1.44. The summed E-state index contributed by atoms with van der Waals surface area (Å²) in [6, 6.07) is 22.7. The van der Waals surface area contributed by atoms with Gasteiger partial charge in [0.15, 0.2) is 6.29 Å². The molecule has 3 N–H and O–H groups in total. The minimum Gasteiger partial charge on any atom is -0.508 e. The Bertz CT molecular complexity index is 789. The smallest absolute Gasteiger partial charge is 0.165 e. The Kier molecular flexibility index (Phi) is 6.78. The number of benzene rings is 3. The van der Waals surface area contributed by atoms with E-state index in [4.69, 9.17) is 0 Å². The Morgan fingerprint density at radius 1 is 0.667 bits per heavy atom. The third-order valence-corrected chi connectivity index (χ3v) is 5.29. The number of aliphatic hydroxyl groups excluding tert-OH is 1. The van der Waals surface area contributed by atoms with Crippen molar-refractivity contribution in [2.24, 2.45) is 0 Å². The first-order valence-corrected chi connectivity index (χ1v) is 9.01. The monoisotopic (exact) mass is 364 g/mol. The number of aliphatic hydroxyl groups is 2. The lowest BCUT2D eigenvalue weighted by molar-refractivity contribution is -0.0820. The van der Waals surface area contributed by atoms with Crippen LogP contribution in [0.25, 0.3) is 0 Å². The number of aromatic hydroxyl groups is 1. The van der Waals surface area contributed by atoms with Gasteiger partial charge < -0.3 is 15.3 Å². The first-order chi connectivity index (χ1) is 12.8. The highest BCUT2D eigenvalue weighted by atomic mass is 16.5. The SMILES string of the molecule is CC(c1ccccc1)(c1ccccc1)C(O)O.Cc1ccc(O)c(C)c1C. The van der Waals surface area contributed by atoms with Crippen LogP contribution in [-0.2, 0) is 5.41 Å². The van der Waals surface area contributed by atoms with Gasteiger partial charge in [0, 0.05) is 0 Å². The highest BCUT2D eigenvalue weighted by Gasteiger charge is 2.35. The highest BCUT2D eigenvalue weighted by Crippen LogP contribution is 2.34. The molecule has 142 valence electrons. The fraction of sp³-hybridized carbons (Fsp3) is 0.250. The van der Waals surface area contributed by atoms with Gasteiger partial charge in [-0.25, -0.2) is 0 Å². The van der Waals surface area contributed by atoms with Gasteiger partial charge in [-0.2, -0.15) is 0 Å². The van der Waals surface area contributed by atoms with E-state index in [1.807, 2.05) is 94.4 Å². The second-order valence-electron chi connectivity index (χ2n) is 6.96. The molecule has 27 heavy (non-hydrogen) atoms. The fourth-order valence-electron chi connectivity index (χ4n) is 2.98. The lowest BCUT2D eigenvalue weighted by Crippen LogP contribution is -2.37. The van der Waals surface area contributed by atoms with Crippen LogP contribution in [0.4, 0.5) is 0 Å². The first kappa shape index (κ1) is 20.7. The van der Waals surface area contributed by atoms with Crippen molar-refractivity contribution in [1.82, 2.24) is 0 Å². The Labute approximate surface area is 161 Å². The summed E-state index contributed by atoms with van der Waals surface area (Å²) in [6.07, 6.45) is -1.44. The summed E-state index contributed by atoms with van der Waals surface area (Å²) in [5, 5.41) is 28.7. The quantitative estimate of drug-likeness (QED) is 0.594. The van der Waals surface area contributed by atoms with Crippen molar-refractivity contribution in [2.45, 2.75) is 39.4 Å². The molecule has 3 aromatic carbocycles. The maximum atomic E-state index is 9.73. The Hall–Kier alpha value is -2.62.